The van der Waals surface area contributed by atoms with Crippen LogP contribution in [0.4, 0.5) is 18.9 Å². The average molecular weight is 393 g/mol. The monoisotopic (exact) mass is 393 g/mol. The van der Waals surface area contributed by atoms with Crippen LogP contribution in [0.1, 0.15) is 11.3 Å². The summed E-state index contributed by atoms with van der Waals surface area (Å²) in [7, 11) is 3.73. The van der Waals surface area contributed by atoms with Gasteiger partial charge >= 0.3 is 6.18 Å². The smallest absolute Gasteiger partial charge is 0.380 e. The molecule has 0 aliphatic rings. The van der Waals surface area contributed by atoms with E-state index in [-0.39, 0.29) is 0 Å². The molecule has 0 saturated carbocycles. The van der Waals surface area contributed by atoms with E-state index in [4.69, 9.17) is 0 Å². The standard InChI is InChI=1S/C18H18F3N5S/c1-22-27-13-4-5-15(14(7-13)16-10-26(2)11-25-16)23-8-12-3-6-17(24-9-12)18(19,20)21/h3-7,9-11,22-23H,8H2,1-2H3. The van der Waals surface area contributed by atoms with Gasteiger partial charge in [0.1, 0.15) is 5.69 Å². The van der Waals surface area contributed by atoms with Gasteiger partial charge in [0.15, 0.2) is 0 Å². The average Bonchev–Trinajstić information content (AvgIpc) is 3.07. The molecule has 0 bridgehead atoms. The van der Waals surface area contributed by atoms with Gasteiger partial charge in [-0.2, -0.15) is 13.2 Å². The number of aromatic nitrogens is 3. The van der Waals surface area contributed by atoms with Gasteiger partial charge in [-0.1, -0.05) is 6.07 Å². The Labute approximate surface area is 159 Å². The number of pyridine rings is 1. The van der Waals surface area contributed by atoms with Crippen molar-refractivity contribution in [2.24, 2.45) is 7.05 Å². The summed E-state index contributed by atoms with van der Waals surface area (Å²) in [6, 6.07) is 8.32. The third-order valence-electron chi connectivity index (χ3n) is 3.79. The van der Waals surface area contributed by atoms with Gasteiger partial charge in [0.2, 0.25) is 0 Å². The first-order valence-corrected chi connectivity index (χ1v) is 8.90. The lowest BCUT2D eigenvalue weighted by molar-refractivity contribution is -0.141. The predicted molar refractivity (Wildman–Crippen MR) is 100 cm³/mol. The molecule has 2 aromatic heterocycles. The number of anilines is 1. The van der Waals surface area contributed by atoms with E-state index in [1.54, 1.807) is 6.33 Å². The molecule has 0 radical (unpaired) electrons. The van der Waals surface area contributed by atoms with Crippen molar-refractivity contribution in [3.63, 3.8) is 0 Å². The van der Waals surface area contributed by atoms with Crippen LogP contribution >= 0.6 is 11.9 Å². The second-order valence-corrected chi connectivity index (χ2v) is 6.92. The van der Waals surface area contributed by atoms with Gasteiger partial charge in [0.05, 0.1) is 12.0 Å². The van der Waals surface area contributed by atoms with Gasteiger partial charge in [-0.25, -0.2) is 4.98 Å². The van der Waals surface area contributed by atoms with Crippen molar-refractivity contribution in [1.82, 2.24) is 19.3 Å². The lowest BCUT2D eigenvalue weighted by atomic mass is 10.1. The van der Waals surface area contributed by atoms with Crippen molar-refractivity contribution in [2.75, 3.05) is 12.4 Å². The summed E-state index contributed by atoms with van der Waals surface area (Å²) in [5, 5.41) is 3.26. The molecule has 1 aromatic carbocycles. The molecule has 0 aliphatic carbocycles. The Morgan fingerprint density at radius 2 is 1.96 bits per heavy atom. The normalized spacial score (nSPS) is 11.6. The first kappa shape index (κ1) is 19.2. The lowest BCUT2D eigenvalue weighted by Gasteiger charge is -2.13. The van der Waals surface area contributed by atoms with Gasteiger partial charge in [-0.15, -0.1) is 0 Å². The first-order valence-electron chi connectivity index (χ1n) is 8.09. The Balaban J connectivity index is 1.81. The SMILES string of the molecule is CNSc1ccc(NCc2ccc(C(F)(F)F)nc2)c(-c2cn(C)cn2)c1. The fraction of sp³-hybridized carbons (Fsp3) is 0.222. The molecule has 0 aliphatic heterocycles. The van der Waals surface area contributed by atoms with E-state index in [1.165, 1.54) is 24.2 Å². The van der Waals surface area contributed by atoms with E-state index >= 15 is 0 Å². The highest BCUT2D eigenvalue weighted by molar-refractivity contribution is 7.97. The molecule has 3 rings (SSSR count). The van der Waals surface area contributed by atoms with E-state index in [1.807, 2.05) is 43.1 Å². The van der Waals surface area contributed by atoms with Crippen LogP contribution < -0.4 is 10.0 Å². The molecule has 2 heterocycles. The first-order chi connectivity index (χ1) is 12.9. The Kier molecular flexibility index (Phi) is 5.71. The zero-order valence-corrected chi connectivity index (χ0v) is 15.5. The van der Waals surface area contributed by atoms with Crippen molar-refractivity contribution >= 4 is 17.6 Å². The van der Waals surface area contributed by atoms with Crippen molar-refractivity contribution in [2.45, 2.75) is 17.6 Å². The molecule has 0 amide bonds. The number of nitrogens with zero attached hydrogens (tertiary/aromatic N) is 3. The molecule has 0 atom stereocenters. The molecular formula is C18H18F3N5S. The number of rotatable bonds is 6. The van der Waals surface area contributed by atoms with Crippen molar-refractivity contribution < 1.29 is 13.2 Å². The summed E-state index contributed by atoms with van der Waals surface area (Å²) in [4.78, 5) is 8.92. The molecule has 27 heavy (non-hydrogen) atoms. The summed E-state index contributed by atoms with van der Waals surface area (Å²) >= 11 is 1.49. The van der Waals surface area contributed by atoms with Gasteiger partial charge in [0, 0.05) is 42.1 Å². The van der Waals surface area contributed by atoms with Crippen LogP contribution in [0.3, 0.4) is 0 Å². The molecule has 0 saturated heterocycles. The zero-order valence-electron chi connectivity index (χ0n) is 14.7. The summed E-state index contributed by atoms with van der Waals surface area (Å²) < 4.78 is 42.7. The van der Waals surface area contributed by atoms with Crippen LogP contribution in [-0.2, 0) is 19.8 Å². The third kappa shape index (κ3) is 4.81. The number of hydrogen-bond donors (Lipinski definition) is 2. The van der Waals surface area contributed by atoms with Gasteiger partial charge in [-0.05, 0) is 48.8 Å². The largest absolute Gasteiger partial charge is 0.433 e. The predicted octanol–water partition coefficient (Wildman–Crippen LogP) is 4.34. The van der Waals surface area contributed by atoms with Crippen LogP contribution in [-0.4, -0.2) is 21.6 Å². The van der Waals surface area contributed by atoms with E-state index in [0.717, 1.165) is 27.9 Å². The van der Waals surface area contributed by atoms with Crippen LogP contribution in [0.5, 0.6) is 0 Å². The molecule has 2 N–H and O–H groups in total. The summed E-state index contributed by atoms with van der Waals surface area (Å²) in [5.74, 6) is 0. The second kappa shape index (κ2) is 8.01. The third-order valence-corrected chi connectivity index (χ3v) is 4.48. The van der Waals surface area contributed by atoms with Gasteiger partial charge in [0.25, 0.3) is 0 Å². The Morgan fingerprint density at radius 3 is 2.56 bits per heavy atom. The van der Waals surface area contributed by atoms with E-state index in [9.17, 15) is 13.2 Å². The number of alkyl halides is 3. The van der Waals surface area contributed by atoms with Crippen LogP contribution in [0.25, 0.3) is 11.3 Å². The highest BCUT2D eigenvalue weighted by atomic mass is 32.2. The van der Waals surface area contributed by atoms with Crippen molar-refractivity contribution in [3.05, 3.63) is 60.3 Å². The molecular weight excluding hydrogens is 375 g/mol. The number of aryl methyl sites for hydroxylation is 1. The van der Waals surface area contributed by atoms with Crippen LogP contribution in [0, 0.1) is 0 Å². The summed E-state index contributed by atoms with van der Waals surface area (Å²) in [6.07, 6.45) is 0.436. The molecule has 0 fully saturated rings. The maximum absolute atomic E-state index is 12.6. The maximum Gasteiger partial charge on any atom is 0.433 e. The fourth-order valence-electron chi connectivity index (χ4n) is 2.52. The topological polar surface area (TPSA) is 54.8 Å². The highest BCUT2D eigenvalue weighted by Gasteiger charge is 2.31. The van der Waals surface area contributed by atoms with Crippen LogP contribution in [0.2, 0.25) is 0 Å². The second-order valence-electron chi connectivity index (χ2n) is 5.84. The Morgan fingerprint density at radius 1 is 1.15 bits per heavy atom. The van der Waals surface area contributed by atoms with Gasteiger partial charge in [-0.3, -0.25) is 9.71 Å². The quantitative estimate of drug-likeness (QED) is 0.610. The van der Waals surface area contributed by atoms with Gasteiger partial charge < -0.3 is 9.88 Å². The number of nitrogens with one attached hydrogen (secondary N) is 2. The molecule has 0 spiro atoms. The molecule has 5 nitrogen and oxygen atoms in total. The number of hydrogen-bond acceptors (Lipinski definition) is 5. The molecule has 0 unspecified atom stereocenters. The molecule has 142 valence electrons. The number of benzene rings is 1. The lowest BCUT2D eigenvalue weighted by Crippen LogP contribution is -2.08. The summed E-state index contributed by atoms with van der Waals surface area (Å²) in [6.45, 7) is 0.351. The Bertz CT molecular complexity index is 906. The molecule has 9 heteroatoms. The van der Waals surface area contributed by atoms with Crippen molar-refractivity contribution in [1.29, 1.82) is 0 Å². The minimum Gasteiger partial charge on any atom is -0.380 e. The minimum atomic E-state index is -4.43. The summed E-state index contributed by atoms with van der Waals surface area (Å²) in [5.41, 5.74) is 2.33. The maximum atomic E-state index is 12.6. The van der Waals surface area contributed by atoms with E-state index in [2.05, 4.69) is 20.0 Å². The van der Waals surface area contributed by atoms with Crippen molar-refractivity contribution in [3.8, 4) is 11.3 Å². The van der Waals surface area contributed by atoms with E-state index in [0.29, 0.717) is 12.1 Å². The fourth-order valence-corrected chi connectivity index (χ4v) is 3.07. The van der Waals surface area contributed by atoms with Crippen LogP contribution in [0.15, 0.2) is 53.9 Å². The minimum absolute atomic E-state index is 0.351. The number of halogens is 3. The number of imidazole rings is 1. The van der Waals surface area contributed by atoms with E-state index < -0.39 is 11.9 Å². The zero-order chi connectivity index (χ0) is 19.4. The molecule has 3 aromatic rings. The highest BCUT2D eigenvalue weighted by Crippen LogP contribution is 2.31. The Hall–Kier alpha value is -2.52.